The molecule has 5 nitrogen and oxygen atoms in total. The molecule has 14 aromatic carbocycles. The second-order valence-electron chi connectivity index (χ2n) is 21.7. The standard InChI is InChI=1S/C80H53N5/c1-9-25-54(26-10-1)58-41-47-74-73(49-58)77-68-53-72-67-46-44-65(84(62-37-21-7-22-38-62)63-39-23-8-24-40-63)52-71(67)70-51-64(83(60-33-17-5-18-34-60)61-35-19-6-20-36-61)43-45-66(70)69(72)50-59(68)42-48-75(77)85(74)80-81-78(56-29-13-3-14-30-56)76(55-27-11-2-12-28-55)79(82-80)57-31-15-4-16-32-57/h1-53H. The van der Waals surface area contributed by atoms with Crippen LogP contribution in [-0.4, -0.2) is 14.5 Å². The van der Waals surface area contributed by atoms with E-state index in [-0.39, 0.29) is 0 Å². The van der Waals surface area contributed by atoms with Crippen molar-refractivity contribution in [3.8, 4) is 50.7 Å². The average molecular weight is 1080 g/mol. The zero-order valence-electron chi connectivity index (χ0n) is 46.3. The fourth-order valence-electron chi connectivity index (χ4n) is 12.9. The minimum absolute atomic E-state index is 0.603. The molecule has 2 aromatic heterocycles. The van der Waals surface area contributed by atoms with Crippen LogP contribution in [0.15, 0.2) is 322 Å². The first-order valence-electron chi connectivity index (χ1n) is 29.0. The van der Waals surface area contributed by atoms with Crippen molar-refractivity contribution in [2.45, 2.75) is 0 Å². The summed E-state index contributed by atoms with van der Waals surface area (Å²) in [7, 11) is 0. The van der Waals surface area contributed by atoms with E-state index in [2.05, 4.69) is 336 Å². The van der Waals surface area contributed by atoms with E-state index in [1.807, 2.05) is 0 Å². The van der Waals surface area contributed by atoms with Crippen molar-refractivity contribution >= 4 is 99.0 Å². The van der Waals surface area contributed by atoms with Gasteiger partial charge in [0.2, 0.25) is 5.95 Å². The molecule has 0 unspecified atom stereocenters. The molecule has 0 N–H and O–H groups in total. The maximum Gasteiger partial charge on any atom is 0.235 e. The first-order chi connectivity index (χ1) is 42.2. The molecule has 16 rings (SSSR count). The van der Waals surface area contributed by atoms with Crippen molar-refractivity contribution in [3.63, 3.8) is 0 Å². The number of benzene rings is 14. The molecule has 0 spiro atoms. The summed E-state index contributed by atoms with van der Waals surface area (Å²) in [4.78, 5) is 16.1. The minimum Gasteiger partial charge on any atom is -0.310 e. The lowest BCUT2D eigenvalue weighted by Gasteiger charge is -2.27. The van der Waals surface area contributed by atoms with Crippen molar-refractivity contribution in [2.24, 2.45) is 0 Å². The van der Waals surface area contributed by atoms with Gasteiger partial charge in [-0.2, -0.15) is 0 Å². The predicted molar refractivity (Wildman–Crippen MR) is 358 cm³/mol. The van der Waals surface area contributed by atoms with E-state index >= 15 is 0 Å². The van der Waals surface area contributed by atoms with E-state index in [0.29, 0.717) is 5.95 Å². The lowest BCUT2D eigenvalue weighted by molar-refractivity contribution is 0.997. The van der Waals surface area contributed by atoms with Crippen molar-refractivity contribution in [1.29, 1.82) is 0 Å². The van der Waals surface area contributed by atoms with Gasteiger partial charge in [-0.15, -0.1) is 0 Å². The molecule has 0 radical (unpaired) electrons. The van der Waals surface area contributed by atoms with Gasteiger partial charge in [-0.25, -0.2) is 9.97 Å². The number of fused-ring (bicyclic) bond motifs is 11. The monoisotopic (exact) mass is 1080 g/mol. The summed E-state index contributed by atoms with van der Waals surface area (Å²) in [6.45, 7) is 0. The molecule has 0 amide bonds. The molecule has 0 saturated carbocycles. The number of nitrogens with zero attached hydrogens (tertiary/aromatic N) is 5. The van der Waals surface area contributed by atoms with E-state index in [4.69, 9.17) is 9.97 Å². The summed E-state index contributed by atoms with van der Waals surface area (Å²) >= 11 is 0. The summed E-state index contributed by atoms with van der Waals surface area (Å²) in [5.41, 5.74) is 16.7. The number of para-hydroxylation sites is 4. The van der Waals surface area contributed by atoms with Crippen LogP contribution in [0.25, 0.3) is 116 Å². The van der Waals surface area contributed by atoms with Gasteiger partial charge in [0.05, 0.1) is 22.4 Å². The number of hydrogen-bond acceptors (Lipinski definition) is 4. The van der Waals surface area contributed by atoms with Crippen molar-refractivity contribution < 1.29 is 0 Å². The summed E-state index contributed by atoms with van der Waals surface area (Å²) in [5.74, 6) is 0.603. The van der Waals surface area contributed by atoms with Gasteiger partial charge >= 0.3 is 0 Å². The third kappa shape index (κ3) is 8.64. The fraction of sp³-hybridized carbons (Fsp3) is 0. The van der Waals surface area contributed by atoms with Gasteiger partial charge < -0.3 is 9.80 Å². The zero-order chi connectivity index (χ0) is 56.2. The summed E-state index contributed by atoms with van der Waals surface area (Å²) < 4.78 is 2.30. The largest absolute Gasteiger partial charge is 0.310 e. The predicted octanol–water partition coefficient (Wildman–Crippen LogP) is 21.8. The number of rotatable bonds is 11. The minimum atomic E-state index is 0.603. The second kappa shape index (κ2) is 20.9. The summed E-state index contributed by atoms with van der Waals surface area (Å²) in [6.07, 6.45) is 0. The maximum atomic E-state index is 5.70. The van der Waals surface area contributed by atoms with Gasteiger partial charge in [0.25, 0.3) is 0 Å². The molecule has 16 aromatic rings. The molecule has 0 fully saturated rings. The topological polar surface area (TPSA) is 37.2 Å². The zero-order valence-corrected chi connectivity index (χ0v) is 46.3. The van der Waals surface area contributed by atoms with Crippen LogP contribution >= 0.6 is 0 Å². The Kier molecular flexibility index (Phi) is 12.1. The summed E-state index contributed by atoms with van der Waals surface area (Å²) in [5, 5.41) is 11.6. The van der Waals surface area contributed by atoms with Gasteiger partial charge in [0.15, 0.2) is 0 Å². The maximum absolute atomic E-state index is 5.70. The van der Waals surface area contributed by atoms with E-state index in [9.17, 15) is 0 Å². The molecule has 0 aliphatic carbocycles. The van der Waals surface area contributed by atoms with E-state index in [1.165, 1.54) is 26.9 Å². The highest BCUT2D eigenvalue weighted by molar-refractivity contribution is 6.31. The molecule has 2 heterocycles. The Morgan fingerprint density at radius 2 is 0.624 bits per heavy atom. The van der Waals surface area contributed by atoms with Crippen molar-refractivity contribution in [3.05, 3.63) is 322 Å². The number of aromatic nitrogens is 3. The van der Waals surface area contributed by atoms with Crippen LogP contribution in [0.3, 0.4) is 0 Å². The van der Waals surface area contributed by atoms with Gasteiger partial charge in [-0.05, 0) is 163 Å². The molecular formula is C80H53N5. The first-order valence-corrected chi connectivity index (χ1v) is 29.0. The van der Waals surface area contributed by atoms with Crippen LogP contribution < -0.4 is 9.80 Å². The van der Waals surface area contributed by atoms with Gasteiger partial charge in [0.1, 0.15) is 0 Å². The van der Waals surface area contributed by atoms with Crippen molar-refractivity contribution in [1.82, 2.24) is 14.5 Å². The highest BCUT2D eigenvalue weighted by Crippen LogP contribution is 2.48. The third-order valence-electron chi connectivity index (χ3n) is 16.7. The SMILES string of the molecule is c1ccc(-c2ccc3c(c2)c2c4cc5c6ccc(N(c7ccccc7)c7ccccc7)cc6c6cc(N(c7ccccc7)c7ccccc7)ccc6c5cc4ccc2n3-c2nc(-c3ccccc3)c(-c3ccccc3)c(-c3ccccc3)n2)cc1. The van der Waals surface area contributed by atoms with E-state index in [1.54, 1.807) is 0 Å². The highest BCUT2D eigenvalue weighted by atomic mass is 15.2. The van der Waals surface area contributed by atoms with Gasteiger partial charge in [-0.3, -0.25) is 4.57 Å². The highest BCUT2D eigenvalue weighted by Gasteiger charge is 2.25. The van der Waals surface area contributed by atoms with Gasteiger partial charge in [-0.1, -0.05) is 218 Å². The molecule has 0 atom stereocenters. The van der Waals surface area contributed by atoms with Crippen LogP contribution in [-0.2, 0) is 0 Å². The molecule has 0 saturated heterocycles. The molecule has 0 aliphatic rings. The molecule has 0 aliphatic heterocycles. The van der Waals surface area contributed by atoms with Crippen molar-refractivity contribution in [2.75, 3.05) is 9.80 Å². The molecule has 85 heavy (non-hydrogen) atoms. The Balaban J connectivity index is 1.00. The van der Waals surface area contributed by atoms with Crippen LogP contribution in [0.1, 0.15) is 0 Å². The lowest BCUT2D eigenvalue weighted by Crippen LogP contribution is -2.10. The number of hydrogen-bond donors (Lipinski definition) is 0. The summed E-state index contributed by atoms with van der Waals surface area (Å²) in [6, 6.07) is 116. The molecular weight excluding hydrogens is 1030 g/mol. The van der Waals surface area contributed by atoms with Crippen LogP contribution in [0.5, 0.6) is 0 Å². The molecule has 398 valence electrons. The van der Waals surface area contributed by atoms with Crippen LogP contribution in [0.2, 0.25) is 0 Å². The smallest absolute Gasteiger partial charge is 0.235 e. The molecule has 0 bridgehead atoms. The van der Waals surface area contributed by atoms with E-state index < -0.39 is 0 Å². The average Bonchev–Trinajstić information content (AvgIpc) is 2.07. The van der Waals surface area contributed by atoms with E-state index in [0.717, 1.165) is 117 Å². The Hall–Kier alpha value is -11.4. The second-order valence-corrected chi connectivity index (χ2v) is 21.7. The Labute approximate surface area is 492 Å². The molecule has 5 heteroatoms. The Bertz CT molecular complexity index is 5000. The Morgan fingerprint density at radius 1 is 0.235 bits per heavy atom. The van der Waals surface area contributed by atoms with Gasteiger partial charge in [0, 0.05) is 61.6 Å². The Morgan fingerprint density at radius 3 is 1.08 bits per heavy atom. The number of anilines is 6. The quantitative estimate of drug-likeness (QED) is 0.0955. The normalized spacial score (nSPS) is 11.5. The lowest BCUT2D eigenvalue weighted by atomic mass is 9.90. The fourth-order valence-corrected chi connectivity index (χ4v) is 12.9. The third-order valence-corrected chi connectivity index (χ3v) is 16.7. The van der Waals surface area contributed by atoms with Crippen LogP contribution in [0, 0.1) is 0 Å². The van der Waals surface area contributed by atoms with Crippen LogP contribution in [0.4, 0.5) is 34.1 Å². The first kappa shape index (κ1) is 49.4.